The fraction of sp³-hybridized carbons (Fsp3) is 1.00. The number of alkyl halides is 3. The van der Waals surface area contributed by atoms with Gasteiger partial charge in [-0.15, -0.1) is 0 Å². The van der Waals surface area contributed by atoms with E-state index in [1.54, 1.807) is 6.92 Å². The van der Waals surface area contributed by atoms with Gasteiger partial charge < -0.3 is 10.6 Å². The predicted molar refractivity (Wildman–Crippen MR) is 58.3 cm³/mol. The number of halogens is 3. The quantitative estimate of drug-likeness (QED) is 0.785. The Balaban J connectivity index is 2.27. The molecule has 2 N–H and O–H groups in total. The minimum atomic E-state index is -4.07. The zero-order valence-corrected chi connectivity index (χ0v) is 9.95. The van der Waals surface area contributed by atoms with E-state index in [0.29, 0.717) is 6.54 Å². The zero-order valence-electron chi connectivity index (χ0n) is 9.95. The van der Waals surface area contributed by atoms with Crippen LogP contribution in [-0.4, -0.2) is 31.9 Å². The first-order chi connectivity index (χ1) is 7.31. The molecule has 1 aliphatic rings. The Morgan fingerprint density at radius 2 is 2.12 bits per heavy atom. The molecule has 0 aliphatic carbocycles. The van der Waals surface area contributed by atoms with Crippen molar-refractivity contribution in [2.24, 2.45) is 5.41 Å². The van der Waals surface area contributed by atoms with Gasteiger partial charge in [0.15, 0.2) is 0 Å². The van der Waals surface area contributed by atoms with E-state index >= 15 is 0 Å². The minimum Gasteiger partial charge on any atom is -0.316 e. The third-order valence-corrected chi connectivity index (χ3v) is 3.10. The summed E-state index contributed by atoms with van der Waals surface area (Å²) in [5.41, 5.74) is 0.0953. The van der Waals surface area contributed by atoms with Crippen molar-refractivity contribution in [1.29, 1.82) is 0 Å². The number of hydrogen-bond acceptors (Lipinski definition) is 2. The van der Waals surface area contributed by atoms with E-state index in [2.05, 4.69) is 17.6 Å². The number of nitrogens with one attached hydrogen (secondary N) is 2. The average molecular weight is 238 g/mol. The molecule has 5 heteroatoms. The third-order valence-electron chi connectivity index (χ3n) is 3.10. The van der Waals surface area contributed by atoms with Crippen molar-refractivity contribution in [1.82, 2.24) is 10.6 Å². The standard InChI is InChI=1S/C11H21F3N2/c1-9(6-11(12,13)14)16-8-10(2)4-3-5-15-7-10/h9,15-16H,3-8H2,1-2H3. The molecule has 0 radical (unpaired) electrons. The molecule has 1 saturated heterocycles. The predicted octanol–water partition coefficient (Wildman–Crippen LogP) is 2.31. The smallest absolute Gasteiger partial charge is 0.316 e. The van der Waals surface area contributed by atoms with Gasteiger partial charge in [0.05, 0.1) is 6.42 Å². The van der Waals surface area contributed by atoms with Crippen molar-refractivity contribution < 1.29 is 13.2 Å². The van der Waals surface area contributed by atoms with Crippen molar-refractivity contribution in [3.8, 4) is 0 Å². The van der Waals surface area contributed by atoms with Crippen LogP contribution in [0, 0.1) is 5.41 Å². The van der Waals surface area contributed by atoms with Crippen molar-refractivity contribution in [2.75, 3.05) is 19.6 Å². The molecule has 0 aromatic carbocycles. The van der Waals surface area contributed by atoms with Crippen LogP contribution in [0.2, 0.25) is 0 Å². The minimum absolute atomic E-state index is 0.0953. The monoisotopic (exact) mass is 238 g/mol. The van der Waals surface area contributed by atoms with Crippen LogP contribution >= 0.6 is 0 Å². The van der Waals surface area contributed by atoms with Crippen LogP contribution in [0.5, 0.6) is 0 Å². The van der Waals surface area contributed by atoms with E-state index in [0.717, 1.165) is 25.9 Å². The molecule has 1 heterocycles. The van der Waals surface area contributed by atoms with Gasteiger partial charge in [-0.2, -0.15) is 13.2 Å². The average Bonchev–Trinajstić information content (AvgIpc) is 2.14. The van der Waals surface area contributed by atoms with Crippen LogP contribution in [0.4, 0.5) is 13.2 Å². The molecule has 0 aromatic heterocycles. The summed E-state index contributed by atoms with van der Waals surface area (Å²) >= 11 is 0. The maximum Gasteiger partial charge on any atom is 0.390 e. The van der Waals surface area contributed by atoms with Gasteiger partial charge in [0, 0.05) is 19.1 Å². The molecule has 1 rings (SSSR count). The Labute approximate surface area is 95.0 Å². The molecule has 0 amide bonds. The van der Waals surface area contributed by atoms with Crippen molar-refractivity contribution in [3.05, 3.63) is 0 Å². The molecule has 0 spiro atoms. The summed E-state index contributed by atoms with van der Waals surface area (Å²) in [6.07, 6.45) is -2.65. The molecular formula is C11H21F3N2. The number of hydrogen-bond donors (Lipinski definition) is 2. The second-order valence-electron chi connectivity index (χ2n) is 5.19. The first-order valence-corrected chi connectivity index (χ1v) is 5.82. The lowest BCUT2D eigenvalue weighted by molar-refractivity contribution is -0.139. The summed E-state index contributed by atoms with van der Waals surface area (Å²) in [5, 5.41) is 6.27. The first-order valence-electron chi connectivity index (χ1n) is 5.82. The van der Waals surface area contributed by atoms with E-state index in [4.69, 9.17) is 0 Å². The van der Waals surface area contributed by atoms with Crippen LogP contribution in [0.1, 0.15) is 33.1 Å². The second-order valence-corrected chi connectivity index (χ2v) is 5.19. The lowest BCUT2D eigenvalue weighted by Crippen LogP contribution is -2.46. The SMILES string of the molecule is CC(CC(F)(F)F)NCC1(C)CCCNC1. The van der Waals surface area contributed by atoms with Crippen LogP contribution in [0.15, 0.2) is 0 Å². The van der Waals surface area contributed by atoms with Crippen molar-refractivity contribution in [3.63, 3.8) is 0 Å². The van der Waals surface area contributed by atoms with Gasteiger partial charge in [0.1, 0.15) is 0 Å². The summed E-state index contributed by atoms with van der Waals surface area (Å²) in [6, 6.07) is -0.501. The summed E-state index contributed by atoms with van der Waals surface area (Å²) in [5.74, 6) is 0. The molecule has 2 atom stereocenters. The van der Waals surface area contributed by atoms with Gasteiger partial charge in [-0.1, -0.05) is 6.92 Å². The second kappa shape index (κ2) is 5.36. The Hall–Kier alpha value is -0.290. The molecule has 2 unspecified atom stereocenters. The zero-order chi connectivity index (χ0) is 12.2. The van der Waals surface area contributed by atoms with Crippen molar-refractivity contribution >= 4 is 0 Å². The highest BCUT2D eigenvalue weighted by Crippen LogP contribution is 2.25. The first kappa shape index (κ1) is 13.8. The van der Waals surface area contributed by atoms with Gasteiger partial charge in [-0.25, -0.2) is 0 Å². The van der Waals surface area contributed by atoms with Crippen molar-refractivity contribution in [2.45, 2.75) is 45.3 Å². The molecule has 96 valence electrons. The van der Waals surface area contributed by atoms with E-state index in [9.17, 15) is 13.2 Å². The van der Waals surface area contributed by atoms with Gasteiger partial charge in [-0.05, 0) is 31.7 Å². The van der Waals surface area contributed by atoms with E-state index in [1.165, 1.54) is 0 Å². The highest BCUT2D eigenvalue weighted by Gasteiger charge is 2.32. The normalized spacial score (nSPS) is 29.1. The van der Waals surface area contributed by atoms with E-state index < -0.39 is 18.6 Å². The molecule has 16 heavy (non-hydrogen) atoms. The fourth-order valence-electron chi connectivity index (χ4n) is 2.11. The topological polar surface area (TPSA) is 24.1 Å². The summed E-state index contributed by atoms with van der Waals surface area (Å²) < 4.78 is 36.3. The molecule has 0 aromatic rings. The molecule has 2 nitrogen and oxygen atoms in total. The molecule has 0 bridgehead atoms. The largest absolute Gasteiger partial charge is 0.390 e. The lowest BCUT2D eigenvalue weighted by atomic mass is 9.82. The number of piperidine rings is 1. The molecular weight excluding hydrogens is 217 g/mol. The molecule has 1 fully saturated rings. The van der Waals surface area contributed by atoms with Gasteiger partial charge >= 0.3 is 6.18 Å². The van der Waals surface area contributed by atoms with Gasteiger partial charge in [0.25, 0.3) is 0 Å². The maximum absolute atomic E-state index is 12.1. The van der Waals surface area contributed by atoms with Crippen LogP contribution in [0.3, 0.4) is 0 Å². The van der Waals surface area contributed by atoms with E-state index in [1.807, 2.05) is 0 Å². The Morgan fingerprint density at radius 3 is 2.62 bits per heavy atom. The summed E-state index contributed by atoms with van der Waals surface area (Å²) in [4.78, 5) is 0. The lowest BCUT2D eigenvalue weighted by Gasteiger charge is -2.35. The Bertz CT molecular complexity index is 210. The third kappa shape index (κ3) is 5.16. The highest BCUT2D eigenvalue weighted by molar-refractivity contribution is 4.84. The Kier molecular flexibility index (Phi) is 4.62. The maximum atomic E-state index is 12.1. The van der Waals surface area contributed by atoms with Crippen LogP contribution in [-0.2, 0) is 0 Å². The molecule has 0 saturated carbocycles. The number of rotatable bonds is 4. The Morgan fingerprint density at radius 1 is 1.44 bits per heavy atom. The van der Waals surface area contributed by atoms with Crippen LogP contribution < -0.4 is 10.6 Å². The van der Waals surface area contributed by atoms with Gasteiger partial charge in [-0.3, -0.25) is 0 Å². The van der Waals surface area contributed by atoms with Crippen LogP contribution in [0.25, 0.3) is 0 Å². The summed E-state index contributed by atoms with van der Waals surface area (Å²) in [6.45, 7) is 6.27. The van der Waals surface area contributed by atoms with E-state index in [-0.39, 0.29) is 5.41 Å². The summed E-state index contributed by atoms with van der Waals surface area (Å²) in [7, 11) is 0. The fourth-order valence-corrected chi connectivity index (χ4v) is 2.11. The molecule has 1 aliphatic heterocycles. The highest BCUT2D eigenvalue weighted by atomic mass is 19.4. The van der Waals surface area contributed by atoms with Gasteiger partial charge in [0.2, 0.25) is 0 Å².